The van der Waals surface area contributed by atoms with Crippen molar-refractivity contribution in [2.45, 2.75) is 29.9 Å². The fourth-order valence-corrected chi connectivity index (χ4v) is 2.73. The van der Waals surface area contributed by atoms with Crippen molar-refractivity contribution < 1.29 is 22.9 Å². The fraction of sp³-hybridized carbons (Fsp3) is 0.364. The first-order valence-corrected chi connectivity index (χ1v) is 6.27. The van der Waals surface area contributed by atoms with E-state index in [-0.39, 0.29) is 11.3 Å². The summed E-state index contributed by atoms with van der Waals surface area (Å²) in [5.74, 6) is -3.38. The van der Waals surface area contributed by atoms with E-state index in [1.807, 2.05) is 0 Å². The molecule has 3 nitrogen and oxygen atoms in total. The van der Waals surface area contributed by atoms with Crippen molar-refractivity contribution in [3.8, 4) is 0 Å². The number of hydrogen-bond acceptors (Lipinski definition) is 2. The molecular weight excluding hydrogens is 250 g/mol. The normalized spacial score (nSPS) is 14.3. The van der Waals surface area contributed by atoms with Gasteiger partial charge in [-0.3, -0.25) is 9.00 Å². The largest absolute Gasteiger partial charge is 0.480 e. The molecule has 0 saturated heterocycles. The molecular formula is C11H12F2O3S. The van der Waals surface area contributed by atoms with E-state index in [0.29, 0.717) is 6.42 Å². The number of aliphatic carboxylic acids is 1. The SMILES string of the molecule is CCCC(C(=O)O)S(=O)c1ccc(F)c(F)c1. The van der Waals surface area contributed by atoms with Gasteiger partial charge in [-0.15, -0.1) is 0 Å². The fourth-order valence-electron chi connectivity index (χ4n) is 1.35. The molecule has 17 heavy (non-hydrogen) atoms. The number of carbonyl (C=O) groups is 1. The maximum absolute atomic E-state index is 12.9. The molecule has 6 heteroatoms. The molecule has 1 aromatic carbocycles. The molecule has 0 aromatic heterocycles. The van der Waals surface area contributed by atoms with Crippen LogP contribution >= 0.6 is 0 Å². The first kappa shape index (κ1) is 13.8. The average Bonchev–Trinajstić information content (AvgIpc) is 2.28. The molecule has 2 atom stereocenters. The lowest BCUT2D eigenvalue weighted by molar-refractivity contribution is -0.136. The molecule has 0 saturated carbocycles. The monoisotopic (exact) mass is 262 g/mol. The van der Waals surface area contributed by atoms with Crippen molar-refractivity contribution in [2.24, 2.45) is 0 Å². The van der Waals surface area contributed by atoms with Gasteiger partial charge in [0, 0.05) is 4.90 Å². The summed E-state index contributed by atoms with van der Waals surface area (Å²) in [4.78, 5) is 10.9. The zero-order valence-electron chi connectivity index (χ0n) is 9.15. The molecule has 94 valence electrons. The molecule has 0 amide bonds. The van der Waals surface area contributed by atoms with Gasteiger partial charge in [-0.1, -0.05) is 13.3 Å². The standard InChI is InChI=1S/C11H12F2O3S/c1-2-3-10(11(14)15)17(16)7-4-5-8(12)9(13)6-7/h4-6,10H,2-3H2,1H3,(H,14,15). The maximum Gasteiger partial charge on any atom is 0.319 e. The molecule has 0 aliphatic rings. The lowest BCUT2D eigenvalue weighted by Gasteiger charge is -2.11. The summed E-state index contributed by atoms with van der Waals surface area (Å²) in [7, 11) is -1.88. The molecule has 0 fully saturated rings. The molecule has 1 rings (SSSR count). The zero-order chi connectivity index (χ0) is 13.0. The van der Waals surface area contributed by atoms with Crippen molar-refractivity contribution in [1.29, 1.82) is 0 Å². The number of carboxylic acids is 1. The molecule has 0 heterocycles. The highest BCUT2D eigenvalue weighted by Gasteiger charge is 2.25. The summed E-state index contributed by atoms with van der Waals surface area (Å²) in [5, 5.41) is 7.81. The van der Waals surface area contributed by atoms with Crippen LogP contribution in [0.25, 0.3) is 0 Å². The second-order valence-corrected chi connectivity index (χ2v) is 5.12. The topological polar surface area (TPSA) is 54.4 Å². The van der Waals surface area contributed by atoms with Gasteiger partial charge in [0.25, 0.3) is 0 Å². The predicted molar refractivity (Wildman–Crippen MR) is 59.1 cm³/mol. The Morgan fingerprint density at radius 2 is 2.06 bits per heavy atom. The van der Waals surface area contributed by atoms with Crippen molar-refractivity contribution in [3.05, 3.63) is 29.8 Å². The van der Waals surface area contributed by atoms with Crippen LogP contribution in [0.3, 0.4) is 0 Å². The van der Waals surface area contributed by atoms with Crippen LogP contribution in [0, 0.1) is 11.6 Å². The summed E-state index contributed by atoms with van der Waals surface area (Å²) in [6, 6.07) is 2.75. The summed E-state index contributed by atoms with van der Waals surface area (Å²) in [5.41, 5.74) is 0. The minimum absolute atomic E-state index is 0.00949. The van der Waals surface area contributed by atoms with E-state index in [9.17, 15) is 17.8 Å². The van der Waals surface area contributed by atoms with E-state index in [0.717, 1.165) is 18.2 Å². The van der Waals surface area contributed by atoms with Crippen LogP contribution in [0.4, 0.5) is 8.78 Å². The van der Waals surface area contributed by atoms with E-state index >= 15 is 0 Å². The predicted octanol–water partition coefficient (Wildman–Crippen LogP) is 2.33. The number of rotatable bonds is 5. The Bertz CT molecular complexity index is 448. The van der Waals surface area contributed by atoms with Crippen LogP contribution < -0.4 is 0 Å². The van der Waals surface area contributed by atoms with Gasteiger partial charge >= 0.3 is 5.97 Å². The van der Waals surface area contributed by atoms with Crippen LogP contribution in [0.1, 0.15) is 19.8 Å². The lowest BCUT2D eigenvalue weighted by Crippen LogP contribution is -2.25. The van der Waals surface area contributed by atoms with Crippen LogP contribution in [0.5, 0.6) is 0 Å². The number of benzene rings is 1. The minimum Gasteiger partial charge on any atom is -0.480 e. The highest BCUT2D eigenvalue weighted by molar-refractivity contribution is 7.86. The van der Waals surface area contributed by atoms with E-state index < -0.39 is 33.7 Å². The minimum atomic E-state index is -1.88. The quantitative estimate of drug-likeness (QED) is 0.886. The highest BCUT2D eigenvalue weighted by Crippen LogP contribution is 2.18. The lowest BCUT2D eigenvalue weighted by atomic mass is 10.2. The van der Waals surface area contributed by atoms with E-state index in [1.54, 1.807) is 6.92 Å². The Kier molecular flexibility index (Phi) is 4.74. The zero-order valence-corrected chi connectivity index (χ0v) is 9.97. The van der Waals surface area contributed by atoms with E-state index in [4.69, 9.17) is 5.11 Å². The third kappa shape index (κ3) is 3.33. The first-order valence-electron chi connectivity index (χ1n) is 5.05. The van der Waals surface area contributed by atoms with Crippen molar-refractivity contribution >= 4 is 16.8 Å². The Labute approximate surface area is 99.9 Å². The van der Waals surface area contributed by atoms with Crippen molar-refractivity contribution in [3.63, 3.8) is 0 Å². The van der Waals surface area contributed by atoms with Crippen LogP contribution in [-0.4, -0.2) is 20.5 Å². The van der Waals surface area contributed by atoms with Crippen molar-refractivity contribution in [2.75, 3.05) is 0 Å². The van der Waals surface area contributed by atoms with E-state index in [1.165, 1.54) is 0 Å². The van der Waals surface area contributed by atoms with Gasteiger partial charge in [0.15, 0.2) is 11.6 Å². The number of carboxylic acid groups (broad SMARTS) is 1. The number of halogens is 2. The Balaban J connectivity index is 3.01. The number of hydrogen-bond donors (Lipinski definition) is 1. The Hall–Kier alpha value is -1.30. The Morgan fingerprint density at radius 3 is 2.53 bits per heavy atom. The van der Waals surface area contributed by atoms with Gasteiger partial charge in [0.2, 0.25) is 0 Å². The third-order valence-electron chi connectivity index (χ3n) is 2.21. The van der Waals surface area contributed by atoms with Gasteiger partial charge < -0.3 is 5.11 Å². The second-order valence-electron chi connectivity index (χ2n) is 3.49. The second kappa shape index (κ2) is 5.86. The molecule has 0 bridgehead atoms. The molecule has 0 aliphatic heterocycles. The summed E-state index contributed by atoms with van der Waals surface area (Å²) < 4.78 is 37.5. The average molecular weight is 262 g/mol. The van der Waals surface area contributed by atoms with Crippen LogP contribution in [0.2, 0.25) is 0 Å². The summed E-state index contributed by atoms with van der Waals surface area (Å²) in [6.45, 7) is 1.76. The van der Waals surface area contributed by atoms with Gasteiger partial charge in [0.05, 0.1) is 10.8 Å². The smallest absolute Gasteiger partial charge is 0.319 e. The van der Waals surface area contributed by atoms with Crippen LogP contribution in [0.15, 0.2) is 23.1 Å². The molecule has 1 N–H and O–H groups in total. The summed E-state index contributed by atoms with van der Waals surface area (Å²) in [6.07, 6.45) is 0.771. The van der Waals surface area contributed by atoms with Gasteiger partial charge in [-0.05, 0) is 24.6 Å². The molecule has 1 aromatic rings. The van der Waals surface area contributed by atoms with Gasteiger partial charge in [-0.2, -0.15) is 0 Å². The molecule has 0 spiro atoms. The molecule has 0 radical (unpaired) electrons. The van der Waals surface area contributed by atoms with Crippen molar-refractivity contribution in [1.82, 2.24) is 0 Å². The molecule has 2 unspecified atom stereocenters. The molecule has 0 aliphatic carbocycles. The third-order valence-corrected chi connectivity index (χ3v) is 3.88. The van der Waals surface area contributed by atoms with Crippen LogP contribution in [-0.2, 0) is 15.6 Å². The van der Waals surface area contributed by atoms with Gasteiger partial charge in [-0.25, -0.2) is 8.78 Å². The highest BCUT2D eigenvalue weighted by atomic mass is 32.2. The Morgan fingerprint density at radius 1 is 1.41 bits per heavy atom. The maximum atomic E-state index is 12.9. The van der Waals surface area contributed by atoms with E-state index in [2.05, 4.69) is 0 Å². The summed E-state index contributed by atoms with van der Waals surface area (Å²) >= 11 is 0. The first-order chi connectivity index (χ1) is 7.97. The van der Waals surface area contributed by atoms with Gasteiger partial charge in [0.1, 0.15) is 5.25 Å².